The van der Waals surface area contributed by atoms with E-state index in [0.717, 1.165) is 41.1 Å². The van der Waals surface area contributed by atoms with Gasteiger partial charge in [-0.2, -0.15) is 5.10 Å². The van der Waals surface area contributed by atoms with Gasteiger partial charge < -0.3 is 15.7 Å². The minimum absolute atomic E-state index is 0.260. The number of carboxylic acid groups (broad SMARTS) is 1. The molecule has 1 fully saturated rings. The van der Waals surface area contributed by atoms with E-state index in [1.165, 1.54) is 0 Å². The molecule has 5 rings (SSSR count). The lowest BCUT2D eigenvalue weighted by molar-refractivity contribution is -0.147. The number of hydrogen-bond acceptors (Lipinski definition) is 7. The summed E-state index contributed by atoms with van der Waals surface area (Å²) >= 11 is 0. The molecular formula is C29H31N7O3. The average Bonchev–Trinajstić information content (AvgIpc) is 3.33. The van der Waals surface area contributed by atoms with Crippen LogP contribution < -0.4 is 10.6 Å². The number of hydrogen-bond donors (Lipinski definition) is 3. The third kappa shape index (κ3) is 5.79. The minimum atomic E-state index is -0.907. The third-order valence-corrected chi connectivity index (χ3v) is 7.24. The van der Waals surface area contributed by atoms with E-state index in [-0.39, 0.29) is 5.91 Å². The molecule has 3 aromatic heterocycles. The molecule has 10 nitrogen and oxygen atoms in total. The Morgan fingerprint density at radius 3 is 2.51 bits per heavy atom. The average molecular weight is 526 g/mol. The van der Waals surface area contributed by atoms with Gasteiger partial charge in [-0.1, -0.05) is 43.2 Å². The molecule has 2 atom stereocenters. The summed E-state index contributed by atoms with van der Waals surface area (Å²) in [5.41, 5.74) is 5.53. The Morgan fingerprint density at radius 1 is 1.00 bits per heavy atom. The number of carbonyl (C=O) groups excluding carboxylic acids is 1. The Hall–Kier alpha value is -4.60. The van der Waals surface area contributed by atoms with Crippen molar-refractivity contribution in [1.82, 2.24) is 24.7 Å². The summed E-state index contributed by atoms with van der Waals surface area (Å²) in [6, 6.07) is 15.4. The maximum atomic E-state index is 12.9. The van der Waals surface area contributed by atoms with Crippen molar-refractivity contribution in [1.29, 1.82) is 0 Å². The molecule has 1 saturated carbocycles. The van der Waals surface area contributed by atoms with Gasteiger partial charge in [0.15, 0.2) is 0 Å². The molecule has 10 heteroatoms. The third-order valence-electron chi connectivity index (χ3n) is 7.24. The summed E-state index contributed by atoms with van der Waals surface area (Å²) in [5, 5.41) is 20.2. The number of benzene rings is 1. The summed E-state index contributed by atoms with van der Waals surface area (Å²) in [6.07, 6.45) is 6.30. The molecule has 1 aliphatic rings. The highest BCUT2D eigenvalue weighted by molar-refractivity contribution is 5.95. The first-order valence-electron chi connectivity index (χ1n) is 13.1. The minimum Gasteiger partial charge on any atom is -0.481 e. The van der Waals surface area contributed by atoms with Gasteiger partial charge in [0.25, 0.3) is 0 Å². The molecule has 1 amide bonds. The van der Waals surface area contributed by atoms with E-state index in [2.05, 4.69) is 25.7 Å². The molecule has 3 N–H and O–H groups in total. The molecular weight excluding hydrogens is 494 g/mol. The molecule has 3 heterocycles. The second-order valence-corrected chi connectivity index (χ2v) is 9.77. The number of nitrogens with one attached hydrogen (secondary N) is 2. The lowest BCUT2D eigenvalue weighted by Gasteiger charge is -2.27. The van der Waals surface area contributed by atoms with E-state index in [4.69, 9.17) is 4.98 Å². The van der Waals surface area contributed by atoms with Gasteiger partial charge in [-0.3, -0.25) is 19.3 Å². The SMILES string of the molecule is Cc1nc(-c2cnn(C)c2CNc2nccc(-c3ccccc3)n2)ccc1NC(=O)C1CCCCC1C(=O)O. The summed E-state index contributed by atoms with van der Waals surface area (Å²) in [7, 11) is 1.87. The highest BCUT2D eigenvalue weighted by atomic mass is 16.4. The van der Waals surface area contributed by atoms with Crippen LogP contribution in [0.4, 0.5) is 11.6 Å². The highest BCUT2D eigenvalue weighted by Crippen LogP contribution is 2.32. The van der Waals surface area contributed by atoms with Gasteiger partial charge in [0.1, 0.15) is 0 Å². The number of anilines is 2. The number of aliphatic carboxylic acids is 1. The molecule has 39 heavy (non-hydrogen) atoms. The van der Waals surface area contributed by atoms with Crippen LogP contribution in [0.5, 0.6) is 0 Å². The summed E-state index contributed by atoms with van der Waals surface area (Å²) in [6.45, 7) is 2.26. The monoisotopic (exact) mass is 525 g/mol. The highest BCUT2D eigenvalue weighted by Gasteiger charge is 2.35. The van der Waals surface area contributed by atoms with E-state index in [1.807, 2.05) is 62.5 Å². The Bertz CT molecular complexity index is 1490. The molecule has 0 saturated heterocycles. The van der Waals surface area contributed by atoms with E-state index >= 15 is 0 Å². The van der Waals surface area contributed by atoms with Crippen LogP contribution in [0.2, 0.25) is 0 Å². The Balaban J connectivity index is 1.30. The van der Waals surface area contributed by atoms with Crippen LogP contribution in [0.15, 0.2) is 60.9 Å². The van der Waals surface area contributed by atoms with Crippen LogP contribution in [-0.4, -0.2) is 41.7 Å². The topological polar surface area (TPSA) is 135 Å². The lowest BCUT2D eigenvalue weighted by atomic mass is 9.78. The smallest absolute Gasteiger partial charge is 0.307 e. The first kappa shape index (κ1) is 26.0. The normalized spacial score (nSPS) is 17.0. The predicted octanol–water partition coefficient (Wildman–Crippen LogP) is 4.69. The van der Waals surface area contributed by atoms with Gasteiger partial charge in [-0.25, -0.2) is 9.97 Å². The van der Waals surface area contributed by atoms with Crippen LogP contribution >= 0.6 is 0 Å². The zero-order chi connectivity index (χ0) is 27.4. The largest absolute Gasteiger partial charge is 0.481 e. The maximum Gasteiger partial charge on any atom is 0.307 e. The lowest BCUT2D eigenvalue weighted by Crippen LogP contribution is -2.36. The standard InChI is InChI=1S/C29H31N7O3/c1-18-23(34-27(37)20-10-6-7-11-21(20)28(38)39)12-13-25(33-18)22-16-32-36(2)26(22)17-31-29-30-15-14-24(35-29)19-8-4-3-5-9-19/h3-5,8-9,12-16,20-21H,6-7,10-11,17H2,1-2H3,(H,34,37)(H,38,39)(H,30,31,35). The quantitative estimate of drug-likeness (QED) is 0.302. The molecule has 0 aliphatic heterocycles. The zero-order valence-corrected chi connectivity index (χ0v) is 22.0. The first-order chi connectivity index (χ1) is 18.9. The van der Waals surface area contributed by atoms with Gasteiger partial charge in [0, 0.05) is 24.4 Å². The first-order valence-corrected chi connectivity index (χ1v) is 13.1. The van der Waals surface area contributed by atoms with Gasteiger partial charge in [0.2, 0.25) is 11.9 Å². The van der Waals surface area contributed by atoms with E-state index < -0.39 is 17.8 Å². The molecule has 1 aliphatic carbocycles. The van der Waals surface area contributed by atoms with Gasteiger partial charge >= 0.3 is 5.97 Å². The van der Waals surface area contributed by atoms with Crippen LogP contribution in [0, 0.1) is 18.8 Å². The van der Waals surface area contributed by atoms with Crippen molar-refractivity contribution >= 4 is 23.5 Å². The van der Waals surface area contributed by atoms with Gasteiger partial charge in [-0.15, -0.1) is 0 Å². The molecule has 0 spiro atoms. The maximum absolute atomic E-state index is 12.9. The van der Waals surface area contributed by atoms with Crippen molar-refractivity contribution in [3.63, 3.8) is 0 Å². The second kappa shape index (κ2) is 11.4. The fourth-order valence-corrected chi connectivity index (χ4v) is 5.07. The van der Waals surface area contributed by atoms with Crippen LogP contribution in [-0.2, 0) is 23.2 Å². The number of aromatic nitrogens is 5. The number of carbonyl (C=O) groups is 2. The van der Waals surface area contributed by atoms with Crippen LogP contribution in [0.1, 0.15) is 37.1 Å². The van der Waals surface area contributed by atoms with E-state index in [1.54, 1.807) is 17.1 Å². The summed E-state index contributed by atoms with van der Waals surface area (Å²) < 4.78 is 1.78. The second-order valence-electron chi connectivity index (χ2n) is 9.77. The van der Waals surface area contributed by atoms with Gasteiger partial charge in [-0.05, 0) is 38.0 Å². The number of amides is 1. The van der Waals surface area contributed by atoms with Crippen molar-refractivity contribution in [2.75, 3.05) is 10.6 Å². The zero-order valence-electron chi connectivity index (χ0n) is 22.0. The van der Waals surface area contributed by atoms with Crippen molar-refractivity contribution in [3.8, 4) is 22.5 Å². The van der Waals surface area contributed by atoms with Gasteiger partial charge in [0.05, 0.1) is 53.0 Å². The van der Waals surface area contributed by atoms with E-state index in [0.29, 0.717) is 36.7 Å². The number of nitrogens with zero attached hydrogens (tertiary/aromatic N) is 5. The molecule has 200 valence electrons. The van der Waals surface area contributed by atoms with Crippen molar-refractivity contribution in [3.05, 3.63) is 72.3 Å². The Labute approximate surface area is 226 Å². The Morgan fingerprint density at radius 2 is 1.77 bits per heavy atom. The molecule has 1 aromatic carbocycles. The van der Waals surface area contributed by atoms with Crippen molar-refractivity contribution in [2.45, 2.75) is 39.2 Å². The van der Waals surface area contributed by atoms with E-state index in [9.17, 15) is 14.7 Å². The summed E-state index contributed by atoms with van der Waals surface area (Å²) in [4.78, 5) is 38.3. The Kier molecular flexibility index (Phi) is 7.62. The molecule has 2 unspecified atom stereocenters. The van der Waals surface area contributed by atoms with Crippen molar-refractivity contribution in [2.24, 2.45) is 18.9 Å². The number of pyridine rings is 1. The van der Waals surface area contributed by atoms with Crippen molar-refractivity contribution < 1.29 is 14.7 Å². The molecule has 0 radical (unpaired) electrons. The predicted molar refractivity (Wildman–Crippen MR) is 148 cm³/mol. The fourth-order valence-electron chi connectivity index (χ4n) is 5.07. The molecule has 4 aromatic rings. The van der Waals surface area contributed by atoms with Crippen LogP contribution in [0.3, 0.4) is 0 Å². The molecule has 0 bridgehead atoms. The number of aryl methyl sites for hydroxylation is 2. The number of rotatable bonds is 8. The summed E-state index contributed by atoms with van der Waals surface area (Å²) in [5.74, 6) is -1.84. The number of carboxylic acids is 1. The van der Waals surface area contributed by atoms with Crippen LogP contribution in [0.25, 0.3) is 22.5 Å². The fraction of sp³-hybridized carbons (Fsp3) is 0.310.